The molecule has 16 heavy (non-hydrogen) atoms. The van der Waals surface area contributed by atoms with Crippen molar-refractivity contribution >= 4 is 9.84 Å². The van der Waals surface area contributed by atoms with E-state index in [1.165, 1.54) is 12.8 Å². The second-order valence-electron chi connectivity index (χ2n) is 4.48. The fourth-order valence-corrected chi connectivity index (χ4v) is 4.11. The Morgan fingerprint density at radius 2 is 2.06 bits per heavy atom. The zero-order valence-corrected chi connectivity index (χ0v) is 10.5. The molecule has 0 N–H and O–H groups in total. The Kier molecular flexibility index (Phi) is 3.33. The van der Waals surface area contributed by atoms with Crippen LogP contribution in [0.1, 0.15) is 44.1 Å². The maximum atomic E-state index is 11.9. The van der Waals surface area contributed by atoms with Gasteiger partial charge in [0.05, 0.1) is 10.6 Å². The summed E-state index contributed by atoms with van der Waals surface area (Å²) in [6.07, 6.45) is 4.26. The molecule has 3 heteroatoms. The van der Waals surface area contributed by atoms with Crippen molar-refractivity contribution in [3.05, 3.63) is 29.8 Å². The van der Waals surface area contributed by atoms with E-state index in [0.29, 0.717) is 16.6 Å². The Bertz CT molecular complexity index is 463. The maximum absolute atomic E-state index is 11.9. The van der Waals surface area contributed by atoms with Crippen LogP contribution in [0.5, 0.6) is 0 Å². The molecule has 0 aromatic heterocycles. The highest BCUT2D eigenvalue weighted by Gasteiger charge is 2.29. The molecule has 1 aromatic rings. The molecular formula is C13H18O2S. The van der Waals surface area contributed by atoms with Crippen LogP contribution in [0.3, 0.4) is 0 Å². The van der Waals surface area contributed by atoms with Gasteiger partial charge in [-0.3, -0.25) is 0 Å². The van der Waals surface area contributed by atoms with E-state index in [0.717, 1.165) is 18.4 Å². The highest BCUT2D eigenvalue weighted by atomic mass is 32.2. The summed E-state index contributed by atoms with van der Waals surface area (Å²) < 4.78 is 23.8. The summed E-state index contributed by atoms with van der Waals surface area (Å²) in [7, 11) is -3.00. The molecule has 1 aromatic carbocycles. The average Bonchev–Trinajstić information content (AvgIpc) is 2.29. The van der Waals surface area contributed by atoms with Crippen molar-refractivity contribution in [1.82, 2.24) is 0 Å². The molecule has 0 aliphatic carbocycles. The second-order valence-corrected chi connectivity index (χ2v) is 6.56. The van der Waals surface area contributed by atoms with Gasteiger partial charge in [0.15, 0.2) is 9.84 Å². The Morgan fingerprint density at radius 1 is 1.31 bits per heavy atom. The Balaban J connectivity index is 2.36. The van der Waals surface area contributed by atoms with Crippen molar-refractivity contribution in [2.45, 2.75) is 43.4 Å². The van der Waals surface area contributed by atoms with E-state index in [-0.39, 0.29) is 0 Å². The van der Waals surface area contributed by atoms with Crippen molar-refractivity contribution in [3.8, 4) is 0 Å². The van der Waals surface area contributed by atoms with Crippen LogP contribution in [0.15, 0.2) is 29.2 Å². The molecule has 2 rings (SSSR count). The quantitative estimate of drug-likeness (QED) is 0.810. The van der Waals surface area contributed by atoms with Crippen LogP contribution in [-0.4, -0.2) is 14.2 Å². The SMILES string of the molecule is CCCCC1CCS(=O)(=O)c2ccccc21. The molecule has 0 amide bonds. The van der Waals surface area contributed by atoms with Crippen LogP contribution in [0, 0.1) is 0 Å². The van der Waals surface area contributed by atoms with Gasteiger partial charge in [-0.2, -0.15) is 0 Å². The van der Waals surface area contributed by atoms with Gasteiger partial charge in [-0.25, -0.2) is 8.42 Å². The first-order valence-corrected chi connectivity index (χ1v) is 7.62. The van der Waals surface area contributed by atoms with Gasteiger partial charge in [-0.1, -0.05) is 38.0 Å². The van der Waals surface area contributed by atoms with E-state index in [1.807, 2.05) is 18.2 Å². The van der Waals surface area contributed by atoms with Crippen LogP contribution >= 0.6 is 0 Å². The monoisotopic (exact) mass is 238 g/mol. The lowest BCUT2D eigenvalue weighted by atomic mass is 9.91. The van der Waals surface area contributed by atoms with E-state index >= 15 is 0 Å². The summed E-state index contributed by atoms with van der Waals surface area (Å²) in [6, 6.07) is 7.49. The van der Waals surface area contributed by atoms with Crippen molar-refractivity contribution in [3.63, 3.8) is 0 Å². The molecule has 1 unspecified atom stereocenters. The van der Waals surface area contributed by atoms with Gasteiger partial charge in [0, 0.05) is 0 Å². The summed E-state index contributed by atoms with van der Waals surface area (Å²) in [6.45, 7) is 2.17. The third kappa shape index (κ3) is 2.14. The molecule has 1 atom stereocenters. The molecule has 88 valence electrons. The molecule has 0 saturated heterocycles. The summed E-state index contributed by atoms with van der Waals surface area (Å²) in [5.41, 5.74) is 1.04. The van der Waals surface area contributed by atoms with Crippen LogP contribution < -0.4 is 0 Å². The Labute approximate surface area is 97.6 Å². The van der Waals surface area contributed by atoms with Crippen LogP contribution in [0.4, 0.5) is 0 Å². The predicted octanol–water partition coefficient (Wildman–Crippen LogP) is 3.14. The number of hydrogen-bond donors (Lipinski definition) is 0. The van der Waals surface area contributed by atoms with Crippen molar-refractivity contribution in [2.24, 2.45) is 0 Å². The predicted molar refractivity (Wildman–Crippen MR) is 65.4 cm³/mol. The number of benzene rings is 1. The number of sulfone groups is 1. The lowest BCUT2D eigenvalue weighted by molar-refractivity contribution is 0.530. The van der Waals surface area contributed by atoms with Gasteiger partial charge < -0.3 is 0 Å². The van der Waals surface area contributed by atoms with Gasteiger partial charge in [-0.15, -0.1) is 0 Å². The fraction of sp³-hybridized carbons (Fsp3) is 0.538. The summed E-state index contributed by atoms with van der Waals surface area (Å²) in [5.74, 6) is 0.762. The number of hydrogen-bond acceptors (Lipinski definition) is 2. The molecule has 0 fully saturated rings. The Morgan fingerprint density at radius 3 is 2.81 bits per heavy atom. The zero-order valence-electron chi connectivity index (χ0n) is 9.65. The first-order chi connectivity index (χ1) is 7.65. The van der Waals surface area contributed by atoms with Gasteiger partial charge in [0.1, 0.15) is 0 Å². The highest BCUT2D eigenvalue weighted by molar-refractivity contribution is 7.91. The standard InChI is InChI=1S/C13H18O2S/c1-2-3-6-11-9-10-16(14,15)13-8-5-4-7-12(11)13/h4-5,7-8,11H,2-3,6,9-10H2,1H3. The minimum Gasteiger partial charge on any atom is -0.224 e. The molecule has 0 spiro atoms. The minimum absolute atomic E-state index is 0.318. The van der Waals surface area contributed by atoms with Gasteiger partial charge in [-0.05, 0) is 30.4 Å². The van der Waals surface area contributed by atoms with Gasteiger partial charge in [0.25, 0.3) is 0 Å². The van der Waals surface area contributed by atoms with E-state index in [1.54, 1.807) is 6.07 Å². The van der Waals surface area contributed by atoms with E-state index in [9.17, 15) is 8.42 Å². The smallest absolute Gasteiger partial charge is 0.178 e. The van der Waals surface area contributed by atoms with Gasteiger partial charge in [0.2, 0.25) is 0 Å². The van der Waals surface area contributed by atoms with Crippen LogP contribution in [0.2, 0.25) is 0 Å². The molecule has 0 bridgehead atoms. The number of unbranched alkanes of at least 4 members (excludes halogenated alkanes) is 1. The summed E-state index contributed by atoms with van der Waals surface area (Å²) in [4.78, 5) is 0.572. The average molecular weight is 238 g/mol. The molecule has 0 saturated carbocycles. The first-order valence-electron chi connectivity index (χ1n) is 5.97. The minimum atomic E-state index is -3.00. The van der Waals surface area contributed by atoms with Crippen molar-refractivity contribution < 1.29 is 8.42 Å². The van der Waals surface area contributed by atoms with Crippen LogP contribution in [0.25, 0.3) is 0 Å². The van der Waals surface area contributed by atoms with E-state index in [2.05, 4.69) is 6.92 Å². The number of fused-ring (bicyclic) bond motifs is 1. The van der Waals surface area contributed by atoms with Crippen LogP contribution in [-0.2, 0) is 9.84 Å². The van der Waals surface area contributed by atoms with E-state index in [4.69, 9.17) is 0 Å². The van der Waals surface area contributed by atoms with Gasteiger partial charge >= 0.3 is 0 Å². The highest BCUT2D eigenvalue weighted by Crippen LogP contribution is 2.36. The summed E-state index contributed by atoms with van der Waals surface area (Å²) in [5, 5.41) is 0. The third-order valence-corrected chi connectivity index (χ3v) is 5.15. The molecule has 1 aliphatic rings. The van der Waals surface area contributed by atoms with Crippen molar-refractivity contribution in [2.75, 3.05) is 5.75 Å². The fourth-order valence-electron chi connectivity index (χ4n) is 2.41. The third-order valence-electron chi connectivity index (χ3n) is 3.34. The largest absolute Gasteiger partial charge is 0.224 e. The normalized spacial score (nSPS) is 22.7. The molecule has 0 radical (unpaired) electrons. The molecule has 1 aliphatic heterocycles. The zero-order chi connectivity index (χ0) is 11.6. The lowest BCUT2D eigenvalue weighted by Gasteiger charge is -2.25. The first kappa shape index (κ1) is 11.6. The maximum Gasteiger partial charge on any atom is 0.178 e. The molecule has 1 heterocycles. The molecular weight excluding hydrogens is 220 g/mol. The Hall–Kier alpha value is -0.830. The second kappa shape index (κ2) is 4.58. The molecule has 2 nitrogen and oxygen atoms in total. The van der Waals surface area contributed by atoms with E-state index < -0.39 is 9.84 Å². The topological polar surface area (TPSA) is 34.1 Å². The summed E-state index contributed by atoms with van der Waals surface area (Å²) >= 11 is 0. The number of rotatable bonds is 3. The van der Waals surface area contributed by atoms with Crippen molar-refractivity contribution in [1.29, 1.82) is 0 Å². The lowest BCUT2D eigenvalue weighted by Crippen LogP contribution is -2.20.